The molecule has 1 heterocycles. The van der Waals surface area contributed by atoms with Crippen molar-refractivity contribution in [2.24, 2.45) is 0 Å². The summed E-state index contributed by atoms with van der Waals surface area (Å²) in [5, 5.41) is 11.3. The molecule has 6 nitrogen and oxygen atoms in total. The van der Waals surface area contributed by atoms with Gasteiger partial charge in [0, 0.05) is 6.54 Å². The Hall–Kier alpha value is -4.13. The maximum absolute atomic E-state index is 14.8. The molecule has 4 aromatic rings. The molecule has 1 aliphatic heterocycles. The number of aliphatic hydroxyl groups is 1. The normalized spacial score (nSPS) is 19.7. The molecule has 1 fully saturated rings. The topological polar surface area (TPSA) is 70.1 Å². The summed E-state index contributed by atoms with van der Waals surface area (Å²) in [6.45, 7) is 0.191. The van der Waals surface area contributed by atoms with Gasteiger partial charge >= 0.3 is 12.0 Å². The summed E-state index contributed by atoms with van der Waals surface area (Å²) in [4.78, 5) is 31.8. The highest BCUT2D eigenvalue weighted by Crippen LogP contribution is 2.56. The first kappa shape index (κ1) is 26.1. The minimum absolute atomic E-state index is 0.157. The molecule has 40 heavy (non-hydrogen) atoms. The molecule has 2 aliphatic rings. The van der Waals surface area contributed by atoms with E-state index in [0.29, 0.717) is 0 Å². The van der Waals surface area contributed by atoms with Gasteiger partial charge in [-0.3, -0.25) is 4.90 Å². The zero-order valence-electron chi connectivity index (χ0n) is 22.0. The van der Waals surface area contributed by atoms with Crippen molar-refractivity contribution in [2.75, 3.05) is 13.0 Å². The zero-order chi connectivity index (χ0) is 27.9. The molecule has 1 aliphatic carbocycles. The molecule has 7 heteroatoms. The number of methoxy groups -OCH3 is 1. The predicted octanol–water partition coefficient (Wildman–Crippen LogP) is 5.41. The van der Waals surface area contributed by atoms with Gasteiger partial charge in [-0.1, -0.05) is 109 Å². The van der Waals surface area contributed by atoms with Crippen LogP contribution in [0.5, 0.6) is 0 Å². The number of rotatable bonds is 7. The molecule has 4 aromatic carbocycles. The number of ether oxygens (including phenoxy) is 1. The summed E-state index contributed by atoms with van der Waals surface area (Å²) >= 11 is 6.22. The van der Waals surface area contributed by atoms with E-state index in [-0.39, 0.29) is 18.5 Å². The molecule has 3 atom stereocenters. The highest BCUT2D eigenvalue weighted by Gasteiger charge is 2.63. The van der Waals surface area contributed by atoms with Crippen LogP contribution in [0.25, 0.3) is 11.1 Å². The third-order valence-electron chi connectivity index (χ3n) is 8.08. The molecule has 0 spiro atoms. The number of hydrogen-bond acceptors (Lipinski definition) is 4. The van der Waals surface area contributed by atoms with Gasteiger partial charge in [-0.2, -0.15) is 0 Å². The van der Waals surface area contributed by atoms with E-state index in [1.54, 1.807) is 9.80 Å². The molecular formula is C33H29ClN2O4. The summed E-state index contributed by atoms with van der Waals surface area (Å²) in [6.07, 6.45) is -1.18. The van der Waals surface area contributed by atoms with Gasteiger partial charge in [0.25, 0.3) is 0 Å². The van der Waals surface area contributed by atoms with Gasteiger partial charge in [-0.15, -0.1) is 11.6 Å². The van der Waals surface area contributed by atoms with Crippen molar-refractivity contribution in [3.05, 3.63) is 131 Å². The quantitative estimate of drug-likeness (QED) is 0.246. The van der Waals surface area contributed by atoms with Crippen molar-refractivity contribution in [3.8, 4) is 11.1 Å². The summed E-state index contributed by atoms with van der Waals surface area (Å²) in [5.74, 6) is -0.772. The first-order chi connectivity index (χ1) is 19.5. The Balaban J connectivity index is 1.67. The van der Waals surface area contributed by atoms with Gasteiger partial charge in [0.05, 0.1) is 25.1 Å². The lowest BCUT2D eigenvalue weighted by atomic mass is 9.78. The Kier molecular flexibility index (Phi) is 6.82. The van der Waals surface area contributed by atoms with Crippen LogP contribution in [0.15, 0.2) is 109 Å². The number of amides is 2. The molecule has 202 valence electrons. The molecule has 2 amide bonds. The van der Waals surface area contributed by atoms with Crippen molar-refractivity contribution in [3.63, 3.8) is 0 Å². The second kappa shape index (κ2) is 10.5. The molecular weight excluding hydrogens is 524 g/mol. The lowest BCUT2D eigenvalue weighted by Crippen LogP contribution is -2.57. The minimum atomic E-state index is -1.18. The Morgan fingerprint density at radius 2 is 1.40 bits per heavy atom. The van der Waals surface area contributed by atoms with Crippen molar-refractivity contribution >= 4 is 23.6 Å². The van der Waals surface area contributed by atoms with Gasteiger partial charge in [-0.25, -0.2) is 9.59 Å². The average Bonchev–Trinajstić information content (AvgIpc) is 3.47. The maximum Gasteiger partial charge on any atom is 0.330 e. The van der Waals surface area contributed by atoms with E-state index in [4.69, 9.17) is 16.3 Å². The minimum Gasteiger partial charge on any atom is -0.467 e. The Morgan fingerprint density at radius 1 is 0.875 bits per heavy atom. The third kappa shape index (κ3) is 3.82. The summed E-state index contributed by atoms with van der Waals surface area (Å²) in [7, 11) is 1.31. The van der Waals surface area contributed by atoms with E-state index >= 15 is 0 Å². The highest BCUT2D eigenvalue weighted by molar-refractivity contribution is 6.18. The molecule has 0 radical (unpaired) electrons. The molecule has 0 saturated carbocycles. The van der Waals surface area contributed by atoms with E-state index in [0.717, 1.165) is 33.4 Å². The van der Waals surface area contributed by atoms with Crippen LogP contribution in [0.1, 0.15) is 22.3 Å². The van der Waals surface area contributed by atoms with Crippen molar-refractivity contribution < 1.29 is 19.4 Å². The molecule has 6 rings (SSSR count). The SMILES string of the molecule is COC(=O)[C@@H]1C([C@H](O)CCl)N(Cc2ccccc2)C(=O)N1C1(c2ccccc2)c2ccccc2-c2ccccc21. The predicted molar refractivity (Wildman–Crippen MR) is 154 cm³/mol. The molecule has 1 saturated heterocycles. The number of aliphatic hydroxyl groups excluding tert-OH is 1. The molecule has 0 aromatic heterocycles. The fourth-order valence-electron chi connectivity index (χ4n) is 6.49. The van der Waals surface area contributed by atoms with E-state index in [1.807, 2.05) is 109 Å². The second-order valence-electron chi connectivity index (χ2n) is 10.1. The Morgan fingerprint density at radius 3 is 1.95 bits per heavy atom. The maximum atomic E-state index is 14.8. The number of esters is 1. The van der Waals surface area contributed by atoms with Gasteiger partial charge in [0.15, 0.2) is 6.04 Å². The highest BCUT2D eigenvalue weighted by atomic mass is 35.5. The number of benzene rings is 4. The number of urea groups is 1. The first-order valence-electron chi connectivity index (χ1n) is 13.2. The van der Waals surface area contributed by atoms with Crippen molar-refractivity contribution in [1.29, 1.82) is 0 Å². The van der Waals surface area contributed by atoms with E-state index in [1.165, 1.54) is 7.11 Å². The van der Waals surface area contributed by atoms with Crippen molar-refractivity contribution in [1.82, 2.24) is 9.80 Å². The molecule has 0 bridgehead atoms. The summed E-state index contributed by atoms with van der Waals surface area (Å²) in [6, 6.07) is 32.7. The smallest absolute Gasteiger partial charge is 0.330 e. The monoisotopic (exact) mass is 552 g/mol. The molecule has 1 unspecified atom stereocenters. The summed E-state index contributed by atoms with van der Waals surface area (Å²) in [5.41, 5.74) is 4.25. The van der Waals surface area contributed by atoms with Crippen LogP contribution in [0.3, 0.4) is 0 Å². The van der Waals surface area contributed by atoms with Crippen LogP contribution < -0.4 is 0 Å². The van der Waals surface area contributed by atoms with Crippen LogP contribution >= 0.6 is 11.6 Å². The van der Waals surface area contributed by atoms with Crippen LogP contribution in [-0.4, -0.2) is 58.1 Å². The van der Waals surface area contributed by atoms with Gasteiger partial charge in [0.1, 0.15) is 5.54 Å². The fraction of sp³-hybridized carbons (Fsp3) is 0.212. The average molecular weight is 553 g/mol. The first-order valence-corrected chi connectivity index (χ1v) is 13.8. The van der Waals surface area contributed by atoms with E-state index < -0.39 is 29.7 Å². The number of halogens is 1. The standard InChI is InChI=1S/C33H29ClN2O4/c1-40-31(38)30-29(28(37)20-34)35(21-22-12-4-2-5-13-22)32(39)36(30)33(23-14-6-3-7-15-23)26-18-10-8-16-24(26)25-17-9-11-19-27(25)33/h2-19,28-30,37H,20-21H2,1H3/t28-,29?,30+/m1/s1. The summed E-state index contributed by atoms with van der Waals surface area (Å²) < 4.78 is 5.34. The van der Waals surface area contributed by atoms with Gasteiger partial charge in [0.2, 0.25) is 0 Å². The van der Waals surface area contributed by atoms with Crippen LogP contribution in [0.2, 0.25) is 0 Å². The lowest BCUT2D eigenvalue weighted by Gasteiger charge is -2.43. The molecule has 1 N–H and O–H groups in total. The van der Waals surface area contributed by atoms with Crippen LogP contribution in [0.4, 0.5) is 4.79 Å². The van der Waals surface area contributed by atoms with Gasteiger partial charge < -0.3 is 14.7 Å². The van der Waals surface area contributed by atoms with E-state index in [2.05, 4.69) is 0 Å². The van der Waals surface area contributed by atoms with Crippen molar-refractivity contribution in [2.45, 2.75) is 30.3 Å². The van der Waals surface area contributed by atoms with Gasteiger partial charge in [-0.05, 0) is 33.4 Å². The van der Waals surface area contributed by atoms with E-state index in [9.17, 15) is 14.7 Å². The fourth-order valence-corrected chi connectivity index (χ4v) is 6.67. The van der Waals surface area contributed by atoms with Crippen LogP contribution in [0, 0.1) is 0 Å². The number of carbonyl (C=O) groups is 2. The second-order valence-corrected chi connectivity index (χ2v) is 10.4. The third-order valence-corrected chi connectivity index (χ3v) is 8.40. The van der Waals surface area contributed by atoms with Crippen LogP contribution in [-0.2, 0) is 21.6 Å². The zero-order valence-corrected chi connectivity index (χ0v) is 22.7. The number of fused-ring (bicyclic) bond motifs is 3. The number of carbonyl (C=O) groups excluding carboxylic acids is 2. The number of alkyl halides is 1. The number of hydrogen-bond donors (Lipinski definition) is 1. The number of nitrogens with zero attached hydrogens (tertiary/aromatic N) is 2. The Labute approximate surface area is 238 Å². The Bertz CT molecular complexity index is 1500. The lowest BCUT2D eigenvalue weighted by molar-refractivity contribution is -0.148. The largest absolute Gasteiger partial charge is 0.467 e.